The first kappa shape index (κ1) is 16.4. The van der Waals surface area contributed by atoms with Crippen molar-refractivity contribution >= 4 is 40.9 Å². The number of fused-ring (bicyclic) bond motifs is 2. The molecule has 0 saturated carbocycles. The van der Waals surface area contributed by atoms with Gasteiger partial charge in [0, 0.05) is 35.1 Å². The Kier molecular flexibility index (Phi) is 5.23. The third kappa shape index (κ3) is 3.73. The average Bonchev–Trinajstić information content (AvgIpc) is 2.81. The molecule has 3 atom stereocenters. The molecule has 3 rings (SSSR count). The lowest BCUT2D eigenvalue weighted by atomic mass is 10.1. The van der Waals surface area contributed by atoms with Crippen LogP contribution in [0.4, 0.5) is 0 Å². The van der Waals surface area contributed by atoms with Crippen molar-refractivity contribution in [3.63, 3.8) is 0 Å². The Morgan fingerprint density at radius 1 is 1.32 bits per heavy atom. The molecule has 120 valence electrons. The predicted molar refractivity (Wildman–Crippen MR) is 92.9 cm³/mol. The van der Waals surface area contributed by atoms with E-state index in [2.05, 4.69) is 5.32 Å². The van der Waals surface area contributed by atoms with Gasteiger partial charge in [0.2, 0.25) is 5.91 Å². The maximum Gasteiger partial charge on any atom is 0.235 e. The zero-order valence-electron chi connectivity index (χ0n) is 12.5. The second-order valence-electron chi connectivity index (χ2n) is 6.05. The van der Waals surface area contributed by atoms with Gasteiger partial charge in [0.05, 0.1) is 10.3 Å². The molecule has 6 heteroatoms. The highest BCUT2D eigenvalue weighted by Crippen LogP contribution is 2.33. The third-order valence-electron chi connectivity index (χ3n) is 4.38. The number of nitrogens with zero attached hydrogens (tertiary/aromatic N) is 1. The summed E-state index contributed by atoms with van der Waals surface area (Å²) in [5.74, 6) is 0.190. The van der Waals surface area contributed by atoms with Crippen molar-refractivity contribution in [1.29, 1.82) is 0 Å². The predicted octanol–water partition coefficient (Wildman–Crippen LogP) is 3.83. The van der Waals surface area contributed by atoms with Crippen LogP contribution >= 0.6 is 35.0 Å². The number of carbonyl (C=O) groups excluding carboxylic acids is 1. The number of thioether (sulfide) groups is 1. The summed E-state index contributed by atoms with van der Waals surface area (Å²) in [5, 5.41) is 4.73. The van der Waals surface area contributed by atoms with Gasteiger partial charge in [-0.25, -0.2) is 0 Å². The average molecular weight is 359 g/mol. The van der Waals surface area contributed by atoms with Crippen LogP contribution in [0, 0.1) is 0 Å². The number of hydrogen-bond donors (Lipinski definition) is 1. The van der Waals surface area contributed by atoms with Gasteiger partial charge in [-0.15, -0.1) is 11.8 Å². The van der Waals surface area contributed by atoms with Crippen LogP contribution < -0.4 is 5.32 Å². The number of halogens is 2. The lowest BCUT2D eigenvalue weighted by Gasteiger charge is -2.27. The van der Waals surface area contributed by atoms with E-state index in [1.807, 2.05) is 17.9 Å². The van der Waals surface area contributed by atoms with Crippen LogP contribution in [0.3, 0.4) is 0 Å². The maximum absolute atomic E-state index is 12.7. The SMILES string of the molecule is CC(Sc1cc(Cl)ccc1Cl)C(=O)N1CCC2CCC(C1)N2. The molecule has 2 bridgehead atoms. The minimum absolute atomic E-state index is 0.160. The molecule has 3 nitrogen and oxygen atoms in total. The molecule has 1 aromatic carbocycles. The zero-order chi connectivity index (χ0) is 15.7. The summed E-state index contributed by atoms with van der Waals surface area (Å²) < 4.78 is 0. The van der Waals surface area contributed by atoms with Crippen LogP contribution in [0.25, 0.3) is 0 Å². The van der Waals surface area contributed by atoms with Crippen LogP contribution in [-0.2, 0) is 4.79 Å². The highest BCUT2D eigenvalue weighted by molar-refractivity contribution is 8.00. The molecule has 0 aliphatic carbocycles. The molecule has 3 unspecified atom stereocenters. The third-order valence-corrected chi connectivity index (χ3v) is 6.20. The second-order valence-corrected chi connectivity index (χ2v) is 8.27. The summed E-state index contributed by atoms with van der Waals surface area (Å²) in [5.41, 5.74) is 0. The topological polar surface area (TPSA) is 32.3 Å². The molecule has 1 aromatic rings. The second kappa shape index (κ2) is 7.00. The Hall–Kier alpha value is -0.420. The van der Waals surface area contributed by atoms with Gasteiger partial charge < -0.3 is 10.2 Å². The maximum atomic E-state index is 12.7. The van der Waals surface area contributed by atoms with Gasteiger partial charge in [0.1, 0.15) is 0 Å². The number of rotatable bonds is 3. The first-order chi connectivity index (χ1) is 10.5. The van der Waals surface area contributed by atoms with Crippen molar-refractivity contribution in [1.82, 2.24) is 10.2 Å². The van der Waals surface area contributed by atoms with Crippen molar-refractivity contribution in [2.75, 3.05) is 13.1 Å². The standard InChI is InChI=1S/C16H20Cl2N2OS/c1-10(22-15-8-11(17)2-5-14(15)18)16(21)20-7-6-12-3-4-13(9-20)19-12/h2,5,8,10,12-13,19H,3-4,6-7,9H2,1H3. The van der Waals surface area contributed by atoms with Crippen molar-refractivity contribution in [3.8, 4) is 0 Å². The van der Waals surface area contributed by atoms with Crippen molar-refractivity contribution in [2.45, 2.75) is 48.4 Å². The van der Waals surface area contributed by atoms with Crippen molar-refractivity contribution in [2.24, 2.45) is 0 Å². The summed E-state index contributed by atoms with van der Waals surface area (Å²) in [6.45, 7) is 3.62. The minimum Gasteiger partial charge on any atom is -0.340 e. The molecule has 2 aliphatic rings. The van der Waals surface area contributed by atoms with E-state index >= 15 is 0 Å². The summed E-state index contributed by atoms with van der Waals surface area (Å²) in [4.78, 5) is 15.6. The summed E-state index contributed by atoms with van der Waals surface area (Å²) >= 11 is 13.7. The first-order valence-electron chi connectivity index (χ1n) is 7.69. The molecule has 0 radical (unpaired) electrons. The molecule has 2 saturated heterocycles. The normalized spacial score (nSPS) is 25.9. The smallest absolute Gasteiger partial charge is 0.235 e. The highest BCUT2D eigenvalue weighted by Gasteiger charge is 2.32. The Bertz CT molecular complexity index is 569. The Morgan fingerprint density at radius 3 is 2.91 bits per heavy atom. The van der Waals surface area contributed by atoms with E-state index in [9.17, 15) is 4.79 Å². The van der Waals surface area contributed by atoms with E-state index in [0.717, 1.165) is 24.4 Å². The van der Waals surface area contributed by atoms with E-state index in [4.69, 9.17) is 23.2 Å². The lowest BCUT2D eigenvalue weighted by molar-refractivity contribution is -0.130. The number of likely N-dealkylation sites (tertiary alicyclic amines) is 1. The number of benzene rings is 1. The zero-order valence-corrected chi connectivity index (χ0v) is 14.8. The van der Waals surface area contributed by atoms with E-state index in [0.29, 0.717) is 22.1 Å². The molecule has 1 N–H and O–H groups in total. The van der Waals surface area contributed by atoms with Gasteiger partial charge in [0.15, 0.2) is 0 Å². The summed E-state index contributed by atoms with van der Waals surface area (Å²) in [6.07, 6.45) is 3.47. The summed E-state index contributed by atoms with van der Waals surface area (Å²) in [7, 11) is 0. The number of hydrogen-bond acceptors (Lipinski definition) is 3. The Balaban J connectivity index is 1.65. The fourth-order valence-electron chi connectivity index (χ4n) is 3.21. The molecular formula is C16H20Cl2N2OS. The van der Waals surface area contributed by atoms with Crippen molar-refractivity contribution < 1.29 is 4.79 Å². The molecule has 2 fully saturated rings. The fraction of sp³-hybridized carbons (Fsp3) is 0.562. The van der Waals surface area contributed by atoms with Crippen LogP contribution in [-0.4, -0.2) is 41.2 Å². The highest BCUT2D eigenvalue weighted by atomic mass is 35.5. The van der Waals surface area contributed by atoms with E-state index in [1.54, 1.807) is 12.1 Å². The van der Waals surface area contributed by atoms with E-state index in [-0.39, 0.29) is 11.2 Å². The first-order valence-corrected chi connectivity index (χ1v) is 9.33. The molecule has 0 spiro atoms. The van der Waals surface area contributed by atoms with Gasteiger partial charge in [-0.1, -0.05) is 23.2 Å². The van der Waals surface area contributed by atoms with Gasteiger partial charge in [-0.05, 0) is 44.4 Å². The summed E-state index contributed by atoms with van der Waals surface area (Å²) in [6, 6.07) is 6.41. The quantitative estimate of drug-likeness (QED) is 0.833. The van der Waals surface area contributed by atoms with Crippen LogP contribution in [0.2, 0.25) is 10.0 Å². The molecule has 2 heterocycles. The van der Waals surface area contributed by atoms with Crippen LogP contribution in [0.1, 0.15) is 26.2 Å². The monoisotopic (exact) mass is 358 g/mol. The molecule has 1 amide bonds. The number of amides is 1. The van der Waals surface area contributed by atoms with Crippen LogP contribution in [0.15, 0.2) is 23.1 Å². The van der Waals surface area contributed by atoms with Crippen molar-refractivity contribution in [3.05, 3.63) is 28.2 Å². The number of nitrogens with one attached hydrogen (secondary N) is 1. The molecular weight excluding hydrogens is 339 g/mol. The van der Waals surface area contributed by atoms with Gasteiger partial charge in [-0.2, -0.15) is 0 Å². The molecule has 22 heavy (non-hydrogen) atoms. The molecule has 0 aromatic heterocycles. The van der Waals surface area contributed by atoms with E-state index in [1.165, 1.54) is 24.6 Å². The van der Waals surface area contributed by atoms with E-state index < -0.39 is 0 Å². The Morgan fingerprint density at radius 2 is 2.09 bits per heavy atom. The van der Waals surface area contributed by atoms with Gasteiger partial charge >= 0.3 is 0 Å². The molecule has 2 aliphatic heterocycles. The fourth-order valence-corrected chi connectivity index (χ4v) is 4.70. The van der Waals surface area contributed by atoms with Gasteiger partial charge in [-0.3, -0.25) is 4.79 Å². The lowest BCUT2D eigenvalue weighted by Crippen LogP contribution is -2.42. The van der Waals surface area contributed by atoms with Gasteiger partial charge in [0.25, 0.3) is 0 Å². The largest absolute Gasteiger partial charge is 0.340 e. The van der Waals surface area contributed by atoms with Crippen LogP contribution in [0.5, 0.6) is 0 Å². The number of carbonyl (C=O) groups is 1. The Labute approximate surface area is 145 Å². The minimum atomic E-state index is -0.160.